The lowest BCUT2D eigenvalue weighted by Gasteiger charge is -2.39. The van der Waals surface area contributed by atoms with Crippen LogP contribution in [0.3, 0.4) is 0 Å². The second-order valence-corrected chi connectivity index (χ2v) is 6.83. The Labute approximate surface area is 109 Å². The Morgan fingerprint density at radius 2 is 2.44 bits per heavy atom. The summed E-state index contributed by atoms with van der Waals surface area (Å²) in [6.07, 6.45) is 2.34. The van der Waals surface area contributed by atoms with Gasteiger partial charge >= 0.3 is 0 Å². The maximum absolute atomic E-state index is 9.42. The molecule has 0 saturated carbocycles. The molecular formula is C12H18BrNOS. The molecule has 2 heterocycles. The predicted molar refractivity (Wildman–Crippen MR) is 71.7 cm³/mol. The van der Waals surface area contributed by atoms with E-state index in [4.69, 9.17) is 0 Å². The van der Waals surface area contributed by atoms with E-state index in [1.54, 1.807) is 11.3 Å². The molecule has 90 valence electrons. The highest BCUT2D eigenvalue weighted by Crippen LogP contribution is 2.31. The fraction of sp³-hybridized carbons (Fsp3) is 0.667. The van der Waals surface area contributed by atoms with Crippen molar-refractivity contribution in [1.82, 2.24) is 4.90 Å². The first-order valence-corrected chi connectivity index (χ1v) is 7.35. The van der Waals surface area contributed by atoms with E-state index >= 15 is 0 Å². The number of rotatable bonds is 3. The molecule has 4 heteroatoms. The molecule has 1 aliphatic rings. The molecule has 0 bridgehead atoms. The number of thiophene rings is 1. The summed E-state index contributed by atoms with van der Waals surface area (Å²) in [4.78, 5) is 3.85. The smallest absolute Gasteiger partial charge is 0.0497 e. The Morgan fingerprint density at radius 1 is 1.62 bits per heavy atom. The molecule has 16 heavy (non-hydrogen) atoms. The summed E-state index contributed by atoms with van der Waals surface area (Å²) < 4.78 is 1.22. The normalized spacial score (nSPS) is 27.2. The summed E-state index contributed by atoms with van der Waals surface area (Å²) in [5.74, 6) is 0. The van der Waals surface area contributed by atoms with Gasteiger partial charge in [-0.05, 0) is 46.8 Å². The second kappa shape index (κ2) is 5.17. The van der Waals surface area contributed by atoms with Gasteiger partial charge in [0.2, 0.25) is 0 Å². The Kier molecular flexibility index (Phi) is 4.06. The van der Waals surface area contributed by atoms with Crippen molar-refractivity contribution in [3.8, 4) is 0 Å². The van der Waals surface area contributed by atoms with Crippen LogP contribution in [0.5, 0.6) is 0 Å². The van der Waals surface area contributed by atoms with E-state index in [-0.39, 0.29) is 5.41 Å². The predicted octanol–water partition coefficient (Wildman–Crippen LogP) is 3.11. The number of piperidine rings is 1. The lowest BCUT2D eigenvalue weighted by Crippen LogP contribution is -2.43. The zero-order chi connectivity index (χ0) is 11.6. The second-order valence-electron chi connectivity index (χ2n) is 4.97. The largest absolute Gasteiger partial charge is 0.396 e. The summed E-state index contributed by atoms with van der Waals surface area (Å²) >= 11 is 5.37. The summed E-state index contributed by atoms with van der Waals surface area (Å²) in [5.41, 5.74) is 0.0992. The molecule has 0 spiro atoms. The van der Waals surface area contributed by atoms with Crippen LogP contribution >= 0.6 is 27.3 Å². The number of nitrogens with zero attached hydrogens (tertiary/aromatic N) is 1. The van der Waals surface area contributed by atoms with Gasteiger partial charge in [0, 0.05) is 34.5 Å². The third-order valence-electron chi connectivity index (χ3n) is 3.30. The summed E-state index contributed by atoms with van der Waals surface area (Å²) in [5, 5.41) is 11.5. The highest BCUT2D eigenvalue weighted by atomic mass is 79.9. The highest BCUT2D eigenvalue weighted by molar-refractivity contribution is 9.10. The maximum atomic E-state index is 9.42. The van der Waals surface area contributed by atoms with Gasteiger partial charge in [0.05, 0.1) is 0 Å². The average Bonchev–Trinajstić information content (AvgIpc) is 2.65. The first-order chi connectivity index (χ1) is 7.63. The Balaban J connectivity index is 1.98. The quantitative estimate of drug-likeness (QED) is 0.927. The van der Waals surface area contributed by atoms with Gasteiger partial charge < -0.3 is 5.11 Å². The number of hydrogen-bond acceptors (Lipinski definition) is 3. The number of likely N-dealkylation sites (tertiary alicyclic amines) is 1. The van der Waals surface area contributed by atoms with Gasteiger partial charge in [0.15, 0.2) is 0 Å². The van der Waals surface area contributed by atoms with Gasteiger partial charge in [0.25, 0.3) is 0 Å². The molecule has 1 atom stereocenters. The summed E-state index contributed by atoms with van der Waals surface area (Å²) in [6, 6.07) is 2.11. The molecule has 0 amide bonds. The highest BCUT2D eigenvalue weighted by Gasteiger charge is 2.30. The lowest BCUT2D eigenvalue weighted by atomic mass is 9.83. The van der Waals surface area contributed by atoms with Crippen LogP contribution in [-0.4, -0.2) is 29.7 Å². The molecule has 0 aromatic carbocycles. The van der Waals surface area contributed by atoms with Crippen molar-refractivity contribution in [1.29, 1.82) is 0 Å². The molecule has 1 aromatic rings. The van der Waals surface area contributed by atoms with Crippen molar-refractivity contribution >= 4 is 27.3 Å². The Bertz CT molecular complexity index is 355. The van der Waals surface area contributed by atoms with Crippen molar-refractivity contribution < 1.29 is 5.11 Å². The molecule has 1 fully saturated rings. The van der Waals surface area contributed by atoms with Crippen molar-refractivity contribution in [2.45, 2.75) is 26.3 Å². The van der Waals surface area contributed by atoms with E-state index in [1.807, 2.05) is 0 Å². The number of aliphatic hydroxyl groups excluding tert-OH is 1. The molecular weight excluding hydrogens is 286 g/mol. The summed E-state index contributed by atoms with van der Waals surface area (Å²) in [7, 11) is 0. The van der Waals surface area contributed by atoms with Crippen LogP contribution < -0.4 is 0 Å². The van der Waals surface area contributed by atoms with Gasteiger partial charge in [-0.2, -0.15) is 0 Å². The Hall–Kier alpha value is 0.100. The molecule has 1 aliphatic heterocycles. The van der Waals surface area contributed by atoms with Crippen LogP contribution in [0.15, 0.2) is 15.9 Å². The van der Waals surface area contributed by atoms with E-state index in [1.165, 1.54) is 15.8 Å². The van der Waals surface area contributed by atoms with Crippen LogP contribution in [-0.2, 0) is 6.54 Å². The molecule has 1 N–H and O–H groups in total. The minimum absolute atomic E-state index is 0.0992. The monoisotopic (exact) mass is 303 g/mol. The molecule has 1 unspecified atom stereocenters. The lowest BCUT2D eigenvalue weighted by molar-refractivity contribution is 0.0433. The van der Waals surface area contributed by atoms with Crippen LogP contribution in [0.4, 0.5) is 0 Å². The zero-order valence-electron chi connectivity index (χ0n) is 9.58. The molecule has 1 aromatic heterocycles. The van der Waals surface area contributed by atoms with Crippen molar-refractivity contribution in [2.24, 2.45) is 5.41 Å². The number of halogens is 1. The average molecular weight is 304 g/mol. The van der Waals surface area contributed by atoms with Gasteiger partial charge in [-0.1, -0.05) is 6.92 Å². The van der Waals surface area contributed by atoms with Crippen LogP contribution in [0.2, 0.25) is 0 Å². The zero-order valence-corrected chi connectivity index (χ0v) is 12.0. The molecule has 0 radical (unpaired) electrons. The fourth-order valence-corrected chi connectivity index (χ4v) is 3.85. The van der Waals surface area contributed by atoms with E-state index in [9.17, 15) is 5.11 Å². The molecule has 1 saturated heterocycles. The van der Waals surface area contributed by atoms with Gasteiger partial charge in [0.1, 0.15) is 0 Å². The van der Waals surface area contributed by atoms with E-state index < -0.39 is 0 Å². The topological polar surface area (TPSA) is 23.5 Å². The first kappa shape index (κ1) is 12.6. The SMILES string of the molecule is CC1(CO)CCCN(Cc2sccc2Br)C1. The van der Waals surface area contributed by atoms with Gasteiger partial charge in [-0.3, -0.25) is 4.90 Å². The standard InChI is InChI=1S/C12H18BrNOS/c1-12(9-15)4-2-5-14(8-12)7-11-10(13)3-6-16-11/h3,6,15H,2,4-5,7-9H2,1H3. The van der Waals surface area contributed by atoms with Gasteiger partial charge in [-0.25, -0.2) is 0 Å². The maximum Gasteiger partial charge on any atom is 0.0497 e. The van der Waals surface area contributed by atoms with Crippen LogP contribution in [0.1, 0.15) is 24.6 Å². The van der Waals surface area contributed by atoms with E-state index in [0.717, 1.165) is 26.1 Å². The van der Waals surface area contributed by atoms with Crippen molar-refractivity contribution in [3.63, 3.8) is 0 Å². The minimum atomic E-state index is 0.0992. The summed E-state index contributed by atoms with van der Waals surface area (Å²) in [6.45, 7) is 5.65. The van der Waals surface area contributed by atoms with Crippen molar-refractivity contribution in [3.05, 3.63) is 20.8 Å². The van der Waals surface area contributed by atoms with Crippen LogP contribution in [0, 0.1) is 5.41 Å². The minimum Gasteiger partial charge on any atom is -0.396 e. The number of hydrogen-bond donors (Lipinski definition) is 1. The Morgan fingerprint density at radius 3 is 3.06 bits per heavy atom. The third kappa shape index (κ3) is 2.86. The van der Waals surface area contributed by atoms with E-state index in [2.05, 4.69) is 39.2 Å². The van der Waals surface area contributed by atoms with Crippen molar-refractivity contribution in [2.75, 3.05) is 19.7 Å². The molecule has 2 rings (SSSR count). The fourth-order valence-electron chi connectivity index (χ4n) is 2.33. The number of aliphatic hydroxyl groups is 1. The third-order valence-corrected chi connectivity index (χ3v) is 5.21. The first-order valence-electron chi connectivity index (χ1n) is 5.68. The molecule has 0 aliphatic carbocycles. The molecule has 2 nitrogen and oxygen atoms in total. The van der Waals surface area contributed by atoms with E-state index in [0.29, 0.717) is 6.61 Å². The van der Waals surface area contributed by atoms with Crippen LogP contribution in [0.25, 0.3) is 0 Å². The van der Waals surface area contributed by atoms with Gasteiger partial charge in [-0.15, -0.1) is 11.3 Å².